The maximum atomic E-state index is 10.9. The van der Waals surface area contributed by atoms with Crippen molar-refractivity contribution in [1.82, 2.24) is 0 Å². The highest BCUT2D eigenvalue weighted by Gasteiger charge is 2.04. The SMILES string of the molecule is Cc1cc(C(=O)O)ccc1N(C)[O-]. The first-order valence-electron chi connectivity index (χ1n) is 3.77. The van der Waals surface area contributed by atoms with E-state index in [2.05, 4.69) is 0 Å². The fourth-order valence-corrected chi connectivity index (χ4v) is 1.14. The van der Waals surface area contributed by atoms with Crippen LogP contribution in [0.25, 0.3) is 0 Å². The summed E-state index contributed by atoms with van der Waals surface area (Å²) in [6.45, 7) is 1.70. The van der Waals surface area contributed by atoms with Gasteiger partial charge in [0.2, 0.25) is 0 Å². The minimum Gasteiger partial charge on any atom is -0.758 e. The highest BCUT2D eigenvalue weighted by molar-refractivity contribution is 5.88. The van der Waals surface area contributed by atoms with Crippen molar-refractivity contribution in [2.45, 2.75) is 6.92 Å². The second-order valence-corrected chi connectivity index (χ2v) is 2.80. The van der Waals surface area contributed by atoms with E-state index in [1.807, 2.05) is 0 Å². The molecule has 1 N–H and O–H groups in total. The highest BCUT2D eigenvalue weighted by atomic mass is 16.5. The van der Waals surface area contributed by atoms with Crippen LogP contribution in [0.15, 0.2) is 18.2 Å². The van der Waals surface area contributed by atoms with E-state index in [0.29, 0.717) is 16.3 Å². The Morgan fingerprint density at radius 2 is 2.15 bits per heavy atom. The van der Waals surface area contributed by atoms with Crippen molar-refractivity contribution >= 4 is 11.7 Å². The van der Waals surface area contributed by atoms with E-state index >= 15 is 0 Å². The van der Waals surface area contributed by atoms with E-state index in [-0.39, 0.29) is 5.56 Å². The van der Waals surface area contributed by atoms with Crippen molar-refractivity contribution in [2.24, 2.45) is 0 Å². The number of benzene rings is 1. The monoisotopic (exact) mass is 180 g/mol. The Balaban J connectivity index is 3.13. The van der Waals surface area contributed by atoms with E-state index in [9.17, 15) is 10.0 Å². The van der Waals surface area contributed by atoms with Crippen LogP contribution in [0, 0.1) is 12.1 Å². The minimum atomic E-state index is -0.983. The van der Waals surface area contributed by atoms with Crippen LogP contribution in [0.1, 0.15) is 15.9 Å². The van der Waals surface area contributed by atoms with Crippen LogP contribution in [0.2, 0.25) is 0 Å². The Hall–Kier alpha value is -1.55. The van der Waals surface area contributed by atoms with Crippen molar-refractivity contribution in [3.63, 3.8) is 0 Å². The molecule has 0 amide bonds. The van der Waals surface area contributed by atoms with Gasteiger partial charge in [-0.3, -0.25) is 0 Å². The molecule has 1 aromatic rings. The molecule has 0 unspecified atom stereocenters. The fourth-order valence-electron chi connectivity index (χ4n) is 1.14. The molecule has 0 saturated carbocycles. The molecule has 1 aromatic carbocycles. The summed E-state index contributed by atoms with van der Waals surface area (Å²) < 4.78 is 0. The molecule has 13 heavy (non-hydrogen) atoms. The zero-order chi connectivity index (χ0) is 10.0. The number of carbonyl (C=O) groups is 1. The average Bonchev–Trinajstić information content (AvgIpc) is 2.03. The topological polar surface area (TPSA) is 63.6 Å². The van der Waals surface area contributed by atoms with Crippen LogP contribution < -0.4 is 5.06 Å². The largest absolute Gasteiger partial charge is 0.758 e. The number of aromatic carboxylic acids is 1. The standard InChI is InChI=1S/C9H10NO3/c1-6-5-7(9(11)12)3-4-8(6)10(2)13/h3-5H,1-2H3,(H,11,12)/q-1. The summed E-state index contributed by atoms with van der Waals surface area (Å²) >= 11 is 0. The summed E-state index contributed by atoms with van der Waals surface area (Å²) in [5.41, 5.74) is 1.35. The number of carboxylic acids is 1. The molecule has 0 spiro atoms. The molecule has 0 fully saturated rings. The van der Waals surface area contributed by atoms with Crippen LogP contribution >= 0.6 is 0 Å². The quantitative estimate of drug-likeness (QED) is 0.702. The van der Waals surface area contributed by atoms with E-state index in [0.717, 1.165) is 0 Å². The molecule has 1 rings (SSSR count). The number of carboxylic acid groups (broad SMARTS) is 1. The second kappa shape index (κ2) is 3.45. The number of aryl methyl sites for hydroxylation is 1. The maximum absolute atomic E-state index is 10.9. The summed E-state index contributed by atoms with van der Waals surface area (Å²) in [4.78, 5) is 10.5. The molecule has 0 heterocycles. The van der Waals surface area contributed by atoms with E-state index in [1.54, 1.807) is 6.92 Å². The van der Waals surface area contributed by atoms with E-state index in [1.165, 1.54) is 25.2 Å². The maximum Gasteiger partial charge on any atom is 0.335 e. The summed E-state index contributed by atoms with van der Waals surface area (Å²) in [6, 6.07) is 4.40. The summed E-state index contributed by atoms with van der Waals surface area (Å²) in [5.74, 6) is -0.983. The van der Waals surface area contributed by atoms with Crippen LogP contribution in [0.3, 0.4) is 0 Å². The van der Waals surface area contributed by atoms with E-state index in [4.69, 9.17) is 5.11 Å². The van der Waals surface area contributed by atoms with Gasteiger partial charge in [0.15, 0.2) is 0 Å². The second-order valence-electron chi connectivity index (χ2n) is 2.80. The van der Waals surface area contributed by atoms with E-state index < -0.39 is 5.97 Å². The molecule has 0 aliphatic carbocycles. The third-order valence-electron chi connectivity index (χ3n) is 1.78. The van der Waals surface area contributed by atoms with Gasteiger partial charge < -0.3 is 15.4 Å². The smallest absolute Gasteiger partial charge is 0.335 e. The number of anilines is 1. The molecule has 0 aliphatic rings. The number of hydroxylamine groups is 1. The molecule has 0 aliphatic heterocycles. The molecular weight excluding hydrogens is 170 g/mol. The van der Waals surface area contributed by atoms with Gasteiger partial charge >= 0.3 is 5.97 Å². The zero-order valence-corrected chi connectivity index (χ0v) is 7.44. The minimum absolute atomic E-state index is 0.197. The number of hydrogen-bond donors (Lipinski definition) is 1. The predicted molar refractivity (Wildman–Crippen MR) is 49.9 cm³/mol. The first-order valence-corrected chi connectivity index (χ1v) is 3.77. The number of hydrogen-bond acceptors (Lipinski definition) is 3. The zero-order valence-electron chi connectivity index (χ0n) is 7.44. The van der Waals surface area contributed by atoms with Gasteiger partial charge in [0, 0.05) is 5.69 Å². The molecule has 0 saturated heterocycles. The summed E-state index contributed by atoms with van der Waals surface area (Å²) in [7, 11) is 1.38. The van der Waals surface area contributed by atoms with Gasteiger partial charge in [-0.05, 0) is 37.7 Å². The van der Waals surface area contributed by atoms with Crippen LogP contribution in [0.4, 0.5) is 5.69 Å². The lowest BCUT2D eigenvalue weighted by Crippen LogP contribution is -2.08. The molecule has 0 aromatic heterocycles. The van der Waals surface area contributed by atoms with Gasteiger partial charge in [-0.15, -0.1) is 0 Å². The van der Waals surface area contributed by atoms with Gasteiger partial charge in [0.05, 0.1) is 5.56 Å². The first-order chi connectivity index (χ1) is 6.02. The Morgan fingerprint density at radius 1 is 1.54 bits per heavy atom. The Morgan fingerprint density at radius 3 is 2.54 bits per heavy atom. The van der Waals surface area contributed by atoms with Gasteiger partial charge in [-0.1, -0.05) is 0 Å². The average molecular weight is 180 g/mol. The van der Waals surface area contributed by atoms with Crippen molar-refractivity contribution in [3.05, 3.63) is 34.5 Å². The lowest BCUT2D eigenvalue weighted by Gasteiger charge is -2.26. The molecule has 0 bridgehead atoms. The van der Waals surface area contributed by atoms with Gasteiger partial charge in [0.25, 0.3) is 0 Å². The normalized spacial score (nSPS) is 9.77. The molecule has 4 heteroatoms. The number of rotatable bonds is 2. The van der Waals surface area contributed by atoms with Crippen molar-refractivity contribution in [2.75, 3.05) is 12.1 Å². The van der Waals surface area contributed by atoms with Crippen molar-refractivity contribution < 1.29 is 9.90 Å². The Kier molecular flexibility index (Phi) is 2.53. The highest BCUT2D eigenvalue weighted by Crippen LogP contribution is 2.19. The lowest BCUT2D eigenvalue weighted by molar-refractivity contribution is 0.0697. The number of nitrogens with zero attached hydrogens (tertiary/aromatic N) is 1. The lowest BCUT2D eigenvalue weighted by atomic mass is 10.1. The summed E-state index contributed by atoms with van der Waals surface area (Å²) in [6.07, 6.45) is 0. The van der Waals surface area contributed by atoms with Crippen LogP contribution in [0.5, 0.6) is 0 Å². The van der Waals surface area contributed by atoms with Gasteiger partial charge in [-0.2, -0.15) is 0 Å². The van der Waals surface area contributed by atoms with Crippen LogP contribution in [-0.4, -0.2) is 18.1 Å². The third-order valence-corrected chi connectivity index (χ3v) is 1.78. The van der Waals surface area contributed by atoms with Crippen LogP contribution in [-0.2, 0) is 0 Å². The molecular formula is C9H10NO3-. The van der Waals surface area contributed by atoms with Gasteiger partial charge in [0.1, 0.15) is 0 Å². The molecule has 0 atom stereocenters. The fraction of sp³-hybridized carbons (Fsp3) is 0.222. The molecule has 70 valence electrons. The molecule has 4 nitrogen and oxygen atoms in total. The summed E-state index contributed by atoms with van der Waals surface area (Å²) in [5, 5.41) is 20.3. The Labute approximate surface area is 76.0 Å². The third kappa shape index (κ3) is 1.97. The van der Waals surface area contributed by atoms with Gasteiger partial charge in [-0.25, -0.2) is 4.79 Å². The van der Waals surface area contributed by atoms with Crippen molar-refractivity contribution in [1.29, 1.82) is 0 Å². The Bertz CT molecular complexity index is 334. The predicted octanol–water partition coefficient (Wildman–Crippen LogP) is 1.63. The first kappa shape index (κ1) is 9.54. The van der Waals surface area contributed by atoms with Crippen molar-refractivity contribution in [3.8, 4) is 0 Å². The molecule has 0 radical (unpaired) electrons.